The van der Waals surface area contributed by atoms with Crippen LogP contribution in [0.1, 0.15) is 10.4 Å². The highest BCUT2D eigenvalue weighted by Crippen LogP contribution is 2.31. The van der Waals surface area contributed by atoms with Gasteiger partial charge in [0.25, 0.3) is 5.91 Å². The lowest BCUT2D eigenvalue weighted by molar-refractivity contribution is 0.102. The number of rotatable bonds is 5. The highest BCUT2D eigenvalue weighted by Gasteiger charge is 2.21. The fraction of sp³-hybridized carbons (Fsp3) is 0.238. The van der Waals surface area contributed by atoms with E-state index in [4.69, 9.17) is 4.74 Å². The smallest absolute Gasteiger partial charge is 0.255 e. The molecule has 1 aromatic heterocycles. The molecule has 29 heavy (non-hydrogen) atoms. The van der Waals surface area contributed by atoms with E-state index in [-0.39, 0.29) is 5.91 Å². The molecule has 0 bridgehead atoms. The fourth-order valence-corrected chi connectivity index (χ4v) is 4.36. The summed E-state index contributed by atoms with van der Waals surface area (Å²) in [7, 11) is 1.58. The number of nitrogens with zero attached hydrogens (tertiary/aromatic N) is 2. The Kier molecular flexibility index (Phi) is 5.73. The van der Waals surface area contributed by atoms with Gasteiger partial charge in [0.2, 0.25) is 0 Å². The third-order valence-electron chi connectivity index (χ3n) is 4.90. The van der Waals surface area contributed by atoms with Crippen molar-refractivity contribution in [1.29, 1.82) is 0 Å². The Labute approximate surface area is 172 Å². The molecular weight excluding hydrogens is 388 g/mol. The van der Waals surface area contributed by atoms with Crippen molar-refractivity contribution in [2.75, 3.05) is 41.9 Å². The van der Waals surface area contributed by atoms with E-state index in [0.717, 1.165) is 30.0 Å². The zero-order chi connectivity index (χ0) is 20.2. The predicted molar refractivity (Wildman–Crippen MR) is 115 cm³/mol. The van der Waals surface area contributed by atoms with Crippen LogP contribution in [0.5, 0.6) is 5.75 Å². The van der Waals surface area contributed by atoms with Gasteiger partial charge in [0.15, 0.2) is 0 Å². The van der Waals surface area contributed by atoms with Crippen molar-refractivity contribution >= 4 is 28.5 Å². The van der Waals surface area contributed by atoms with Gasteiger partial charge in [-0.2, -0.15) is 5.10 Å². The highest BCUT2D eigenvalue weighted by molar-refractivity contribution is 7.91. The SMILES string of the molecule is COc1cc(N2CC[S+]([O-])CC2)ccc1NC(=O)c1cccc(-c2cc[nH]n2)c1. The van der Waals surface area contributed by atoms with E-state index < -0.39 is 11.2 Å². The number of amides is 1. The fourth-order valence-electron chi connectivity index (χ4n) is 3.31. The number of aromatic nitrogens is 2. The van der Waals surface area contributed by atoms with E-state index in [1.165, 1.54) is 0 Å². The lowest BCUT2D eigenvalue weighted by Crippen LogP contribution is -2.40. The van der Waals surface area contributed by atoms with E-state index >= 15 is 0 Å². The van der Waals surface area contributed by atoms with Gasteiger partial charge >= 0.3 is 0 Å². The second kappa shape index (κ2) is 8.59. The van der Waals surface area contributed by atoms with Crippen LogP contribution in [0.2, 0.25) is 0 Å². The molecule has 0 saturated carbocycles. The average Bonchev–Trinajstić information content (AvgIpc) is 3.30. The van der Waals surface area contributed by atoms with Gasteiger partial charge in [-0.05, 0) is 30.3 Å². The molecule has 0 aliphatic carbocycles. The lowest BCUT2D eigenvalue weighted by atomic mass is 10.1. The molecule has 1 aliphatic heterocycles. The van der Waals surface area contributed by atoms with Crippen LogP contribution in [0.25, 0.3) is 11.3 Å². The van der Waals surface area contributed by atoms with Crippen molar-refractivity contribution in [1.82, 2.24) is 10.2 Å². The molecule has 0 spiro atoms. The summed E-state index contributed by atoms with van der Waals surface area (Å²) in [5.74, 6) is 1.72. The zero-order valence-electron chi connectivity index (χ0n) is 16.1. The maximum Gasteiger partial charge on any atom is 0.255 e. The molecule has 2 heterocycles. The van der Waals surface area contributed by atoms with Crippen molar-refractivity contribution in [3.8, 4) is 17.0 Å². The highest BCUT2D eigenvalue weighted by atomic mass is 32.2. The Morgan fingerprint density at radius 3 is 2.76 bits per heavy atom. The van der Waals surface area contributed by atoms with Gasteiger partial charge in [0.1, 0.15) is 17.3 Å². The summed E-state index contributed by atoms with van der Waals surface area (Å²) in [6.45, 7) is 1.50. The average molecular weight is 410 g/mol. The molecule has 2 N–H and O–H groups in total. The van der Waals surface area contributed by atoms with Gasteiger partial charge in [0.05, 0.1) is 31.6 Å². The first kappa shape index (κ1) is 19.4. The van der Waals surface area contributed by atoms with Crippen LogP contribution >= 0.6 is 0 Å². The van der Waals surface area contributed by atoms with E-state index in [1.807, 2.05) is 36.4 Å². The molecule has 0 unspecified atom stereocenters. The summed E-state index contributed by atoms with van der Waals surface area (Å²) in [4.78, 5) is 15.0. The van der Waals surface area contributed by atoms with Crippen LogP contribution in [0.3, 0.4) is 0 Å². The second-order valence-corrected chi connectivity index (χ2v) is 8.41. The van der Waals surface area contributed by atoms with E-state index in [1.54, 1.807) is 25.4 Å². The van der Waals surface area contributed by atoms with Crippen molar-refractivity contribution in [2.45, 2.75) is 0 Å². The molecule has 4 rings (SSSR count). The first-order valence-corrected chi connectivity index (χ1v) is 10.8. The summed E-state index contributed by atoms with van der Waals surface area (Å²) in [5, 5.41) is 9.86. The molecular formula is C21H22N4O3S. The van der Waals surface area contributed by atoms with E-state index in [9.17, 15) is 9.35 Å². The number of carbonyl (C=O) groups is 1. The Bertz CT molecular complexity index is 985. The van der Waals surface area contributed by atoms with Gasteiger partial charge in [-0.25, -0.2) is 0 Å². The Balaban J connectivity index is 1.51. The number of H-pyrrole nitrogens is 1. The van der Waals surface area contributed by atoms with Crippen LogP contribution in [0.4, 0.5) is 11.4 Å². The molecule has 0 atom stereocenters. The molecule has 8 heteroatoms. The van der Waals surface area contributed by atoms with Crippen LogP contribution in [-0.2, 0) is 11.2 Å². The number of hydrogen-bond donors (Lipinski definition) is 2. The Morgan fingerprint density at radius 2 is 2.03 bits per heavy atom. The van der Waals surface area contributed by atoms with Crippen molar-refractivity contribution in [2.24, 2.45) is 0 Å². The minimum Gasteiger partial charge on any atom is -0.616 e. The quantitative estimate of drug-likeness (QED) is 0.631. The van der Waals surface area contributed by atoms with Gasteiger partial charge in [-0.3, -0.25) is 9.89 Å². The minimum atomic E-state index is -0.725. The molecule has 3 aromatic rings. The van der Waals surface area contributed by atoms with Crippen LogP contribution < -0.4 is 15.0 Å². The first-order valence-electron chi connectivity index (χ1n) is 9.33. The molecule has 0 radical (unpaired) electrons. The maximum absolute atomic E-state index is 12.8. The van der Waals surface area contributed by atoms with Gasteiger partial charge in [-0.1, -0.05) is 23.3 Å². The maximum atomic E-state index is 12.8. The van der Waals surface area contributed by atoms with E-state index in [0.29, 0.717) is 28.5 Å². The minimum absolute atomic E-state index is 0.221. The van der Waals surface area contributed by atoms with Gasteiger partial charge < -0.3 is 19.5 Å². The Morgan fingerprint density at radius 1 is 1.21 bits per heavy atom. The van der Waals surface area contributed by atoms with Crippen molar-refractivity contribution in [3.63, 3.8) is 0 Å². The molecule has 1 fully saturated rings. The van der Waals surface area contributed by atoms with Gasteiger partial charge in [0, 0.05) is 29.1 Å². The number of anilines is 2. The third kappa shape index (κ3) is 4.38. The monoisotopic (exact) mass is 410 g/mol. The number of carbonyl (C=O) groups excluding carboxylic acids is 1. The number of aromatic amines is 1. The molecule has 1 amide bonds. The third-order valence-corrected chi connectivity index (χ3v) is 6.17. The number of ether oxygens (including phenoxy) is 1. The summed E-state index contributed by atoms with van der Waals surface area (Å²) >= 11 is -0.725. The standard InChI is InChI=1S/C21H22N4O3S/c1-28-20-14-17(25-9-11-29(27)12-10-25)5-6-19(20)23-21(26)16-4-2-3-15(13-16)18-7-8-22-24-18/h2-8,13-14H,9-12H2,1H3,(H,22,24)(H,23,26). The number of benzene rings is 2. The van der Waals surface area contributed by atoms with Crippen molar-refractivity contribution in [3.05, 3.63) is 60.3 Å². The summed E-state index contributed by atoms with van der Waals surface area (Å²) in [5.41, 5.74) is 3.78. The largest absolute Gasteiger partial charge is 0.616 e. The van der Waals surface area contributed by atoms with E-state index in [2.05, 4.69) is 20.4 Å². The Hall–Kier alpha value is -2.97. The van der Waals surface area contributed by atoms with Crippen LogP contribution in [0.15, 0.2) is 54.7 Å². The lowest BCUT2D eigenvalue weighted by Gasteiger charge is -2.30. The second-order valence-electron chi connectivity index (χ2n) is 6.71. The topological polar surface area (TPSA) is 93.3 Å². The zero-order valence-corrected chi connectivity index (χ0v) is 16.9. The normalized spacial score (nSPS) is 14.6. The molecule has 2 aromatic carbocycles. The molecule has 7 nitrogen and oxygen atoms in total. The predicted octanol–water partition coefficient (Wildman–Crippen LogP) is 2.91. The number of hydrogen-bond acceptors (Lipinski definition) is 5. The summed E-state index contributed by atoms with van der Waals surface area (Å²) in [6, 6.07) is 14.9. The van der Waals surface area contributed by atoms with Crippen LogP contribution in [-0.4, -0.2) is 52.4 Å². The van der Waals surface area contributed by atoms with Crippen LogP contribution in [0, 0.1) is 0 Å². The van der Waals surface area contributed by atoms with Gasteiger partial charge in [-0.15, -0.1) is 0 Å². The van der Waals surface area contributed by atoms with Crippen molar-refractivity contribution < 1.29 is 14.1 Å². The first-order chi connectivity index (χ1) is 14.1. The number of nitrogens with one attached hydrogen (secondary N) is 2. The molecule has 1 aliphatic rings. The summed E-state index contributed by atoms with van der Waals surface area (Å²) < 4.78 is 17.1. The molecule has 1 saturated heterocycles. The molecule has 150 valence electrons. The number of methoxy groups -OCH3 is 1. The summed E-state index contributed by atoms with van der Waals surface area (Å²) in [6.07, 6.45) is 1.74.